The average Bonchev–Trinajstić information content (AvgIpc) is 2.53. The maximum atomic E-state index is 5.82. The van der Waals surface area contributed by atoms with E-state index >= 15 is 0 Å². The van der Waals surface area contributed by atoms with Gasteiger partial charge in [0.15, 0.2) is 0 Å². The van der Waals surface area contributed by atoms with E-state index in [1.54, 1.807) is 6.07 Å². The third-order valence-corrected chi connectivity index (χ3v) is 4.71. The van der Waals surface area contributed by atoms with E-state index in [-0.39, 0.29) is 5.95 Å². The summed E-state index contributed by atoms with van der Waals surface area (Å²) in [5.74, 6) is 1.53. The second kappa shape index (κ2) is 3.73. The molecule has 1 aliphatic carbocycles. The Hall–Kier alpha value is -1.03. The number of nitrogen functional groups attached to an aromatic ring is 1. The zero-order valence-electron chi connectivity index (χ0n) is 10.7. The lowest BCUT2D eigenvalue weighted by atomic mass is 10.0. The summed E-state index contributed by atoms with van der Waals surface area (Å²) in [6.07, 6.45) is 0. The molecule has 1 fully saturated rings. The molecule has 0 radical (unpaired) electrons. The Kier molecular flexibility index (Phi) is 2.73. The van der Waals surface area contributed by atoms with Gasteiger partial charge in [0, 0.05) is 12.6 Å². The fourth-order valence-electron chi connectivity index (χ4n) is 2.58. The van der Waals surface area contributed by atoms with Gasteiger partial charge in [0.05, 0.1) is 0 Å². The molecule has 17 heavy (non-hydrogen) atoms. The van der Waals surface area contributed by atoms with Crippen molar-refractivity contribution in [2.45, 2.75) is 27.7 Å². The molecule has 2 rings (SSSR count). The van der Waals surface area contributed by atoms with Gasteiger partial charge in [-0.25, -0.2) is 4.98 Å². The van der Waals surface area contributed by atoms with Crippen LogP contribution >= 0.6 is 11.6 Å². The number of nitrogens with zero attached hydrogens (tertiary/aromatic N) is 2. The molecule has 1 aromatic heterocycles. The number of hydrogen-bond donors (Lipinski definition) is 2. The van der Waals surface area contributed by atoms with E-state index in [9.17, 15) is 0 Å². The molecule has 0 atom stereocenters. The summed E-state index contributed by atoms with van der Waals surface area (Å²) in [4.78, 5) is 7.93. The lowest BCUT2D eigenvalue weighted by molar-refractivity contribution is 0.457. The summed E-state index contributed by atoms with van der Waals surface area (Å²) < 4.78 is 0. The van der Waals surface area contributed by atoms with Crippen LogP contribution in [0.4, 0.5) is 11.8 Å². The fourth-order valence-corrected chi connectivity index (χ4v) is 2.77. The average molecular weight is 255 g/mol. The molecular formula is C12H19ClN4. The van der Waals surface area contributed by atoms with Crippen LogP contribution in [0.2, 0.25) is 5.15 Å². The third-order valence-electron chi connectivity index (χ3n) is 4.52. The molecule has 5 heteroatoms. The predicted molar refractivity (Wildman–Crippen MR) is 71.0 cm³/mol. The molecule has 1 aromatic rings. The largest absolute Gasteiger partial charge is 0.370 e. The molecule has 3 N–H and O–H groups in total. The molecule has 0 bridgehead atoms. The SMILES string of the molecule is CC1(C)C(CNc2cc(Cl)nc(N)n2)C1(C)C. The van der Waals surface area contributed by atoms with E-state index in [0.717, 1.165) is 6.54 Å². The van der Waals surface area contributed by atoms with Gasteiger partial charge in [-0.3, -0.25) is 0 Å². The molecular weight excluding hydrogens is 236 g/mol. The maximum absolute atomic E-state index is 5.82. The second-order valence-electron chi connectivity index (χ2n) is 5.81. The van der Waals surface area contributed by atoms with Gasteiger partial charge in [-0.15, -0.1) is 0 Å². The maximum Gasteiger partial charge on any atom is 0.223 e. The van der Waals surface area contributed by atoms with E-state index in [2.05, 4.69) is 43.0 Å². The van der Waals surface area contributed by atoms with Crippen molar-refractivity contribution in [1.82, 2.24) is 9.97 Å². The zero-order valence-corrected chi connectivity index (χ0v) is 11.5. The summed E-state index contributed by atoms with van der Waals surface area (Å²) in [6, 6.07) is 1.69. The Morgan fingerprint density at radius 2 is 1.88 bits per heavy atom. The minimum Gasteiger partial charge on any atom is -0.370 e. The number of nitrogens with two attached hydrogens (primary N) is 1. The Bertz CT molecular complexity index is 408. The standard InChI is InChI=1S/C12H19ClN4/c1-11(2)7(12(11,3)4)6-15-9-5-8(13)16-10(14)17-9/h5,7H,6H2,1-4H3,(H3,14,15,16,17). The van der Waals surface area contributed by atoms with Crippen LogP contribution in [0.25, 0.3) is 0 Å². The topological polar surface area (TPSA) is 63.8 Å². The van der Waals surface area contributed by atoms with Crippen molar-refractivity contribution in [1.29, 1.82) is 0 Å². The van der Waals surface area contributed by atoms with E-state index < -0.39 is 0 Å². The van der Waals surface area contributed by atoms with Crippen LogP contribution in [-0.4, -0.2) is 16.5 Å². The quantitative estimate of drug-likeness (QED) is 0.815. The number of rotatable bonds is 3. The number of anilines is 2. The van der Waals surface area contributed by atoms with Crippen molar-refractivity contribution >= 4 is 23.4 Å². The highest BCUT2D eigenvalue weighted by Gasteiger charge is 2.64. The Balaban J connectivity index is 2.00. The first-order valence-corrected chi connectivity index (χ1v) is 6.17. The Morgan fingerprint density at radius 3 is 2.35 bits per heavy atom. The smallest absolute Gasteiger partial charge is 0.223 e. The van der Waals surface area contributed by atoms with Gasteiger partial charge in [-0.1, -0.05) is 39.3 Å². The van der Waals surface area contributed by atoms with Crippen molar-refractivity contribution in [3.8, 4) is 0 Å². The lowest BCUT2D eigenvalue weighted by Gasteiger charge is -2.07. The summed E-state index contributed by atoms with van der Waals surface area (Å²) in [6.45, 7) is 10.1. The highest BCUT2D eigenvalue weighted by atomic mass is 35.5. The van der Waals surface area contributed by atoms with Crippen molar-refractivity contribution in [3.05, 3.63) is 11.2 Å². The summed E-state index contributed by atoms with van der Waals surface area (Å²) in [5.41, 5.74) is 6.27. The molecule has 4 nitrogen and oxygen atoms in total. The molecule has 0 unspecified atom stereocenters. The van der Waals surface area contributed by atoms with Gasteiger partial charge in [0.2, 0.25) is 5.95 Å². The number of hydrogen-bond acceptors (Lipinski definition) is 4. The Morgan fingerprint density at radius 1 is 1.29 bits per heavy atom. The van der Waals surface area contributed by atoms with Crippen molar-refractivity contribution in [2.75, 3.05) is 17.6 Å². The lowest BCUT2D eigenvalue weighted by Crippen LogP contribution is -2.10. The minimum absolute atomic E-state index is 0.203. The summed E-state index contributed by atoms with van der Waals surface area (Å²) in [7, 11) is 0. The van der Waals surface area contributed by atoms with Gasteiger partial charge in [0.25, 0.3) is 0 Å². The summed E-state index contributed by atoms with van der Waals surface area (Å²) in [5, 5.41) is 3.65. The fraction of sp³-hybridized carbons (Fsp3) is 0.667. The van der Waals surface area contributed by atoms with Crippen LogP contribution in [0.1, 0.15) is 27.7 Å². The van der Waals surface area contributed by atoms with E-state index in [0.29, 0.717) is 27.7 Å². The molecule has 1 aliphatic rings. The molecule has 1 saturated carbocycles. The van der Waals surface area contributed by atoms with Crippen molar-refractivity contribution in [2.24, 2.45) is 16.7 Å². The highest BCUT2D eigenvalue weighted by molar-refractivity contribution is 6.29. The van der Waals surface area contributed by atoms with E-state index in [1.807, 2.05) is 0 Å². The third kappa shape index (κ3) is 2.06. The first-order valence-electron chi connectivity index (χ1n) is 5.79. The van der Waals surface area contributed by atoms with Crippen molar-refractivity contribution in [3.63, 3.8) is 0 Å². The molecule has 94 valence electrons. The second-order valence-corrected chi connectivity index (χ2v) is 6.20. The van der Waals surface area contributed by atoms with Crippen LogP contribution in [0.5, 0.6) is 0 Å². The first kappa shape index (κ1) is 12.4. The monoisotopic (exact) mass is 254 g/mol. The van der Waals surface area contributed by atoms with Crippen LogP contribution in [-0.2, 0) is 0 Å². The minimum atomic E-state index is 0.203. The van der Waals surface area contributed by atoms with Gasteiger partial charge in [0.1, 0.15) is 11.0 Å². The highest BCUT2D eigenvalue weighted by Crippen LogP contribution is 2.68. The number of halogens is 1. The van der Waals surface area contributed by atoms with Gasteiger partial charge < -0.3 is 11.1 Å². The van der Waals surface area contributed by atoms with E-state index in [4.69, 9.17) is 17.3 Å². The van der Waals surface area contributed by atoms with E-state index in [1.165, 1.54) is 0 Å². The van der Waals surface area contributed by atoms with Gasteiger partial charge in [-0.2, -0.15) is 4.98 Å². The number of aromatic nitrogens is 2. The number of nitrogens with one attached hydrogen (secondary N) is 1. The van der Waals surface area contributed by atoms with Crippen LogP contribution in [0.3, 0.4) is 0 Å². The zero-order chi connectivity index (χ0) is 12.8. The first-order chi connectivity index (χ1) is 7.75. The van der Waals surface area contributed by atoms with Crippen LogP contribution in [0, 0.1) is 16.7 Å². The molecule has 0 aliphatic heterocycles. The van der Waals surface area contributed by atoms with Crippen molar-refractivity contribution < 1.29 is 0 Å². The summed E-state index contributed by atoms with van der Waals surface area (Å²) >= 11 is 5.82. The normalized spacial score (nSPS) is 21.2. The molecule has 0 amide bonds. The molecule has 0 spiro atoms. The van der Waals surface area contributed by atoms with Crippen LogP contribution in [0.15, 0.2) is 6.07 Å². The molecule has 0 aromatic carbocycles. The van der Waals surface area contributed by atoms with Gasteiger partial charge in [-0.05, 0) is 16.7 Å². The molecule has 0 saturated heterocycles. The molecule has 1 heterocycles. The Labute approximate surface area is 107 Å². The van der Waals surface area contributed by atoms with Gasteiger partial charge >= 0.3 is 0 Å². The predicted octanol–water partition coefficient (Wildman–Crippen LogP) is 2.81. The van der Waals surface area contributed by atoms with Crippen LogP contribution < -0.4 is 11.1 Å².